The molecular weight excluding hydrogens is 358 g/mol. The third-order valence-electron chi connectivity index (χ3n) is 6.63. The summed E-state index contributed by atoms with van der Waals surface area (Å²) in [4.78, 5) is 0. The molecule has 0 radical (unpaired) electrons. The number of ether oxygens (including phenoxy) is 2. The van der Waals surface area contributed by atoms with Gasteiger partial charge in [-0.1, -0.05) is 85.0 Å². The van der Waals surface area contributed by atoms with Crippen LogP contribution < -0.4 is 0 Å². The monoisotopic (exact) mass is 412 g/mol. The van der Waals surface area contributed by atoms with Crippen molar-refractivity contribution >= 4 is 0 Å². The molecule has 0 aromatic rings. The summed E-state index contributed by atoms with van der Waals surface area (Å²) in [5.74, 6) is -0.303. The van der Waals surface area contributed by atoms with Crippen molar-refractivity contribution < 1.29 is 14.0 Å². The maximum absolute atomic E-state index is 6.51. The third kappa shape index (κ3) is 11.7. The summed E-state index contributed by atoms with van der Waals surface area (Å²) in [7, 11) is 6.87. The normalized spacial score (nSPS) is 21.7. The molecule has 29 heavy (non-hydrogen) atoms. The Labute approximate surface area is 183 Å². The predicted octanol–water partition coefficient (Wildman–Crippen LogP) is 7.47. The fraction of sp³-hybridized carbons (Fsp3) is 1.00. The molecule has 0 aromatic carbocycles. The molecule has 0 spiro atoms. The summed E-state index contributed by atoms with van der Waals surface area (Å²) in [5, 5.41) is 0. The number of nitrogens with zero attached hydrogens (tertiary/aromatic N) is 1. The summed E-state index contributed by atoms with van der Waals surface area (Å²) in [5.41, 5.74) is 0. The van der Waals surface area contributed by atoms with E-state index in [0.29, 0.717) is 12.2 Å². The van der Waals surface area contributed by atoms with Crippen LogP contribution in [0.25, 0.3) is 0 Å². The van der Waals surface area contributed by atoms with E-state index >= 15 is 0 Å². The zero-order valence-corrected chi connectivity index (χ0v) is 20.9. The molecule has 0 unspecified atom stereocenters. The SMILES string of the molecule is CCCCCCCC[C@@H]1OC(CC)(CC)O[C@H]1CCCCCCCC[N+](C)(C)C. The number of rotatable bonds is 18. The van der Waals surface area contributed by atoms with Gasteiger partial charge in [-0.15, -0.1) is 0 Å². The second-order valence-electron chi connectivity index (χ2n) is 10.4. The molecule has 174 valence electrons. The number of hydrogen-bond acceptors (Lipinski definition) is 2. The maximum Gasteiger partial charge on any atom is 0.168 e. The summed E-state index contributed by atoms with van der Waals surface area (Å²) >= 11 is 0. The topological polar surface area (TPSA) is 18.5 Å². The van der Waals surface area contributed by atoms with Crippen LogP contribution in [0.3, 0.4) is 0 Å². The molecule has 2 atom stereocenters. The Balaban J connectivity index is 2.26. The minimum Gasteiger partial charge on any atom is -0.344 e. The quantitative estimate of drug-likeness (QED) is 0.172. The zero-order chi connectivity index (χ0) is 21.6. The van der Waals surface area contributed by atoms with E-state index in [0.717, 1.165) is 17.3 Å². The van der Waals surface area contributed by atoms with Crippen LogP contribution in [-0.2, 0) is 9.47 Å². The van der Waals surface area contributed by atoms with Gasteiger partial charge in [-0.05, 0) is 38.5 Å². The van der Waals surface area contributed by atoms with Crippen molar-refractivity contribution in [1.29, 1.82) is 0 Å². The lowest BCUT2D eigenvalue weighted by Crippen LogP contribution is -2.35. The van der Waals surface area contributed by atoms with Crippen molar-refractivity contribution in [2.45, 2.75) is 141 Å². The highest BCUT2D eigenvalue weighted by Gasteiger charge is 2.44. The van der Waals surface area contributed by atoms with Gasteiger partial charge in [0.15, 0.2) is 5.79 Å². The molecular formula is C26H54NO2+. The highest BCUT2D eigenvalue weighted by atomic mass is 16.8. The van der Waals surface area contributed by atoms with Crippen molar-refractivity contribution in [3.05, 3.63) is 0 Å². The third-order valence-corrected chi connectivity index (χ3v) is 6.63. The average molecular weight is 413 g/mol. The van der Waals surface area contributed by atoms with Crippen LogP contribution in [0.5, 0.6) is 0 Å². The van der Waals surface area contributed by atoms with Gasteiger partial charge in [0.25, 0.3) is 0 Å². The van der Waals surface area contributed by atoms with E-state index in [1.165, 1.54) is 96.4 Å². The lowest BCUT2D eigenvalue weighted by Gasteiger charge is -2.25. The van der Waals surface area contributed by atoms with E-state index in [-0.39, 0.29) is 5.79 Å². The van der Waals surface area contributed by atoms with Gasteiger partial charge in [0.2, 0.25) is 0 Å². The Morgan fingerprint density at radius 2 is 1.00 bits per heavy atom. The van der Waals surface area contributed by atoms with Crippen LogP contribution in [0.4, 0.5) is 0 Å². The van der Waals surface area contributed by atoms with Gasteiger partial charge < -0.3 is 14.0 Å². The number of quaternary nitrogens is 1. The first-order valence-corrected chi connectivity index (χ1v) is 13.0. The highest BCUT2D eigenvalue weighted by molar-refractivity contribution is 4.85. The number of unbranched alkanes of at least 4 members (excludes halogenated alkanes) is 10. The molecule has 0 amide bonds. The van der Waals surface area contributed by atoms with Gasteiger partial charge in [0.05, 0.1) is 39.9 Å². The molecule has 3 nitrogen and oxygen atoms in total. The second-order valence-corrected chi connectivity index (χ2v) is 10.4. The van der Waals surface area contributed by atoms with Gasteiger partial charge in [0.1, 0.15) is 0 Å². The van der Waals surface area contributed by atoms with Crippen LogP contribution in [-0.4, -0.2) is 50.2 Å². The van der Waals surface area contributed by atoms with Crippen molar-refractivity contribution in [3.8, 4) is 0 Å². The van der Waals surface area contributed by atoms with E-state index in [2.05, 4.69) is 41.9 Å². The van der Waals surface area contributed by atoms with Gasteiger partial charge in [-0.2, -0.15) is 0 Å². The minimum atomic E-state index is -0.303. The van der Waals surface area contributed by atoms with Gasteiger partial charge in [-0.25, -0.2) is 0 Å². The van der Waals surface area contributed by atoms with E-state index in [4.69, 9.17) is 9.47 Å². The smallest absolute Gasteiger partial charge is 0.168 e. The predicted molar refractivity (Wildman–Crippen MR) is 126 cm³/mol. The van der Waals surface area contributed by atoms with Gasteiger partial charge >= 0.3 is 0 Å². The Hall–Kier alpha value is -0.120. The molecule has 1 heterocycles. The van der Waals surface area contributed by atoms with Gasteiger partial charge in [0, 0.05) is 0 Å². The van der Waals surface area contributed by atoms with E-state index in [1.807, 2.05) is 0 Å². The molecule has 0 aliphatic carbocycles. The summed E-state index contributed by atoms with van der Waals surface area (Å²) < 4.78 is 14.1. The Morgan fingerprint density at radius 1 is 0.586 bits per heavy atom. The zero-order valence-electron chi connectivity index (χ0n) is 20.9. The minimum absolute atomic E-state index is 0.303. The van der Waals surface area contributed by atoms with Crippen molar-refractivity contribution in [1.82, 2.24) is 0 Å². The summed E-state index contributed by atoms with van der Waals surface area (Å²) in [6, 6.07) is 0. The second kappa shape index (κ2) is 14.8. The number of hydrogen-bond donors (Lipinski definition) is 0. The van der Waals surface area contributed by atoms with Crippen molar-refractivity contribution in [2.75, 3.05) is 27.7 Å². The molecule has 0 bridgehead atoms. The van der Waals surface area contributed by atoms with E-state index < -0.39 is 0 Å². The first-order valence-electron chi connectivity index (χ1n) is 13.0. The molecule has 1 saturated heterocycles. The van der Waals surface area contributed by atoms with Crippen LogP contribution >= 0.6 is 0 Å². The lowest BCUT2D eigenvalue weighted by molar-refractivity contribution is -0.870. The molecule has 1 aliphatic rings. The van der Waals surface area contributed by atoms with Crippen LogP contribution in [0.2, 0.25) is 0 Å². The van der Waals surface area contributed by atoms with E-state index in [9.17, 15) is 0 Å². The van der Waals surface area contributed by atoms with Crippen LogP contribution in [0.15, 0.2) is 0 Å². The first-order chi connectivity index (χ1) is 13.9. The average Bonchev–Trinajstić information content (AvgIpc) is 3.04. The Morgan fingerprint density at radius 3 is 1.41 bits per heavy atom. The Bertz CT molecular complexity index is 387. The first kappa shape index (κ1) is 26.9. The largest absolute Gasteiger partial charge is 0.344 e. The summed E-state index contributed by atoms with van der Waals surface area (Å²) in [6.07, 6.45) is 21.2. The summed E-state index contributed by atoms with van der Waals surface area (Å²) in [6.45, 7) is 8.01. The molecule has 1 fully saturated rings. The van der Waals surface area contributed by atoms with Crippen LogP contribution in [0.1, 0.15) is 124 Å². The fourth-order valence-electron chi connectivity index (χ4n) is 4.57. The van der Waals surface area contributed by atoms with Crippen LogP contribution in [0, 0.1) is 0 Å². The van der Waals surface area contributed by atoms with Crippen molar-refractivity contribution in [2.24, 2.45) is 0 Å². The molecule has 0 saturated carbocycles. The van der Waals surface area contributed by atoms with Crippen molar-refractivity contribution in [3.63, 3.8) is 0 Å². The molecule has 0 N–H and O–H groups in total. The maximum atomic E-state index is 6.51. The van der Waals surface area contributed by atoms with E-state index in [1.54, 1.807) is 0 Å². The molecule has 3 heteroatoms. The molecule has 1 aliphatic heterocycles. The molecule has 0 aromatic heterocycles. The highest BCUT2D eigenvalue weighted by Crippen LogP contribution is 2.38. The van der Waals surface area contributed by atoms with Gasteiger partial charge in [-0.3, -0.25) is 0 Å². The lowest BCUT2D eigenvalue weighted by atomic mass is 9.99. The Kier molecular flexibility index (Phi) is 13.7. The standard InChI is InChI=1S/C26H54NO2/c1-7-10-11-12-15-18-21-24-25(29-26(8-2,9-3)28-24)22-19-16-13-14-17-20-23-27(4,5)6/h24-25H,7-23H2,1-6H3/q+1/t24-,25-/m0/s1. The molecule has 1 rings (SSSR count). The fourth-order valence-corrected chi connectivity index (χ4v) is 4.57.